The summed E-state index contributed by atoms with van der Waals surface area (Å²) < 4.78 is 30.1. The van der Waals surface area contributed by atoms with Gasteiger partial charge in [-0.2, -0.15) is 0 Å². The Bertz CT molecular complexity index is 969. The molecule has 1 N–H and O–H groups in total. The first kappa shape index (κ1) is 19.1. The van der Waals surface area contributed by atoms with Gasteiger partial charge in [0.15, 0.2) is 6.61 Å². The van der Waals surface area contributed by atoms with Crippen molar-refractivity contribution in [3.8, 4) is 0 Å². The number of imide groups is 1. The predicted octanol–water partition coefficient (Wildman–Crippen LogP) is 1.40. The number of hydrogen-bond acceptors (Lipinski definition) is 7. The second-order valence-electron chi connectivity index (χ2n) is 5.72. The summed E-state index contributed by atoms with van der Waals surface area (Å²) in [6.45, 7) is -0.268. The zero-order chi connectivity index (χ0) is 19.4. The van der Waals surface area contributed by atoms with Crippen molar-refractivity contribution in [1.29, 1.82) is 0 Å². The van der Waals surface area contributed by atoms with E-state index in [4.69, 9.17) is 4.74 Å². The number of amides is 2. The van der Waals surface area contributed by atoms with Crippen LogP contribution in [0.2, 0.25) is 0 Å². The maximum absolute atomic E-state index is 12.1. The number of nitrogens with one attached hydrogen (secondary N) is 1. The van der Waals surface area contributed by atoms with E-state index in [0.717, 1.165) is 0 Å². The van der Waals surface area contributed by atoms with Gasteiger partial charge in [-0.15, -0.1) is 11.3 Å². The van der Waals surface area contributed by atoms with E-state index in [1.54, 1.807) is 29.6 Å². The lowest BCUT2D eigenvalue weighted by molar-refractivity contribution is -0.123. The average Bonchev–Trinajstić information content (AvgIpc) is 3.29. The molecular formula is C17H16N2O6S2. The zero-order valence-electron chi connectivity index (χ0n) is 14.1. The minimum absolute atomic E-state index is 0.0696. The number of benzene rings is 1. The van der Waals surface area contributed by atoms with Gasteiger partial charge in [-0.3, -0.25) is 19.2 Å². The van der Waals surface area contributed by atoms with Crippen LogP contribution in [0, 0.1) is 0 Å². The van der Waals surface area contributed by atoms with Crippen molar-refractivity contribution in [2.75, 3.05) is 23.2 Å². The Kier molecular flexibility index (Phi) is 5.57. The largest absolute Gasteiger partial charge is 0.452 e. The van der Waals surface area contributed by atoms with Crippen LogP contribution >= 0.6 is 11.3 Å². The van der Waals surface area contributed by atoms with Crippen molar-refractivity contribution in [2.45, 2.75) is 6.42 Å². The Morgan fingerprint density at radius 1 is 1.19 bits per heavy atom. The number of carbonyl (C=O) groups is 3. The quantitative estimate of drug-likeness (QED) is 0.749. The standard InChI is InChI=1S/C17H16N2O6S2/c20-15(18-16(21)14-6-2-8-26-14)11-25-17(22)12-4-1-5-13(10-12)19-7-3-9-27(19,23)24/h1-2,4-6,8,10H,3,7,9,11H2,(H,18,20,21). The molecule has 3 rings (SSSR count). The van der Waals surface area contributed by atoms with Crippen LogP contribution in [-0.2, 0) is 19.6 Å². The van der Waals surface area contributed by atoms with E-state index >= 15 is 0 Å². The summed E-state index contributed by atoms with van der Waals surface area (Å²) in [5.74, 6) is -2.03. The third kappa shape index (κ3) is 4.52. The fraction of sp³-hybridized carbons (Fsp3) is 0.235. The Hall–Kier alpha value is -2.72. The molecule has 8 nitrogen and oxygen atoms in total. The lowest BCUT2D eigenvalue weighted by Crippen LogP contribution is -2.33. The molecule has 0 aliphatic carbocycles. The molecule has 27 heavy (non-hydrogen) atoms. The molecule has 142 valence electrons. The summed E-state index contributed by atoms with van der Waals surface area (Å²) in [6.07, 6.45) is 0.523. The SMILES string of the molecule is O=C(COC(=O)c1cccc(N2CCCS2(=O)=O)c1)NC(=O)c1cccs1. The average molecular weight is 408 g/mol. The third-order valence-corrected chi connectivity index (χ3v) is 6.54. The number of sulfonamides is 1. The van der Waals surface area contributed by atoms with E-state index in [1.807, 2.05) is 0 Å². The van der Waals surface area contributed by atoms with E-state index in [-0.39, 0.29) is 11.3 Å². The van der Waals surface area contributed by atoms with Crippen LogP contribution < -0.4 is 9.62 Å². The van der Waals surface area contributed by atoms with Crippen molar-refractivity contribution >= 4 is 44.8 Å². The molecule has 0 saturated carbocycles. The predicted molar refractivity (Wildman–Crippen MR) is 99.3 cm³/mol. The van der Waals surface area contributed by atoms with E-state index in [9.17, 15) is 22.8 Å². The Labute approximate surface area is 159 Å². The number of thiophene rings is 1. The Morgan fingerprint density at radius 2 is 2.00 bits per heavy atom. The van der Waals surface area contributed by atoms with E-state index < -0.39 is 34.4 Å². The molecule has 2 aromatic rings. The molecule has 2 amide bonds. The molecule has 1 fully saturated rings. The van der Waals surface area contributed by atoms with Crippen molar-refractivity contribution in [3.05, 3.63) is 52.2 Å². The molecule has 1 aliphatic rings. The maximum atomic E-state index is 12.1. The minimum atomic E-state index is -3.36. The van der Waals surface area contributed by atoms with Gasteiger partial charge in [-0.05, 0) is 36.1 Å². The van der Waals surface area contributed by atoms with Crippen molar-refractivity contribution in [1.82, 2.24) is 5.32 Å². The van der Waals surface area contributed by atoms with Gasteiger partial charge in [0.25, 0.3) is 11.8 Å². The molecule has 10 heteroatoms. The summed E-state index contributed by atoms with van der Waals surface area (Å²) >= 11 is 1.18. The monoisotopic (exact) mass is 408 g/mol. The number of nitrogens with zero attached hydrogens (tertiary/aromatic N) is 1. The van der Waals surface area contributed by atoms with Crippen LogP contribution in [0.25, 0.3) is 0 Å². The van der Waals surface area contributed by atoms with Crippen LogP contribution in [0.3, 0.4) is 0 Å². The zero-order valence-corrected chi connectivity index (χ0v) is 15.7. The maximum Gasteiger partial charge on any atom is 0.338 e. The highest BCUT2D eigenvalue weighted by Gasteiger charge is 2.28. The summed E-state index contributed by atoms with van der Waals surface area (Å²) in [4.78, 5) is 36.0. The first-order valence-electron chi connectivity index (χ1n) is 8.02. The van der Waals surface area contributed by atoms with Gasteiger partial charge in [0, 0.05) is 6.54 Å². The second-order valence-corrected chi connectivity index (χ2v) is 8.68. The molecule has 2 heterocycles. The fourth-order valence-electron chi connectivity index (χ4n) is 2.56. The highest BCUT2D eigenvalue weighted by Crippen LogP contribution is 2.24. The number of carbonyl (C=O) groups excluding carboxylic acids is 3. The topological polar surface area (TPSA) is 110 Å². The molecule has 1 saturated heterocycles. The summed E-state index contributed by atoms with van der Waals surface area (Å²) in [5, 5.41) is 3.83. The Morgan fingerprint density at radius 3 is 2.67 bits per heavy atom. The van der Waals surface area contributed by atoms with E-state index in [2.05, 4.69) is 5.32 Å². The molecule has 1 aromatic carbocycles. The van der Waals surface area contributed by atoms with Gasteiger partial charge in [-0.25, -0.2) is 13.2 Å². The smallest absolute Gasteiger partial charge is 0.338 e. The van der Waals surface area contributed by atoms with E-state index in [0.29, 0.717) is 23.5 Å². The van der Waals surface area contributed by atoms with Crippen LogP contribution in [0.15, 0.2) is 41.8 Å². The summed E-state index contributed by atoms with van der Waals surface area (Å²) in [7, 11) is -3.36. The molecule has 0 spiro atoms. The second kappa shape index (κ2) is 7.89. The minimum Gasteiger partial charge on any atom is -0.452 e. The lowest BCUT2D eigenvalue weighted by Gasteiger charge is -2.17. The lowest BCUT2D eigenvalue weighted by atomic mass is 10.2. The Balaban J connectivity index is 1.59. The van der Waals surface area contributed by atoms with Gasteiger partial charge in [0.2, 0.25) is 10.0 Å². The fourth-order valence-corrected chi connectivity index (χ4v) is 4.74. The van der Waals surface area contributed by atoms with Crippen LogP contribution in [0.4, 0.5) is 5.69 Å². The number of anilines is 1. The van der Waals surface area contributed by atoms with Crippen molar-refractivity contribution < 1.29 is 27.5 Å². The summed E-state index contributed by atoms with van der Waals surface area (Å²) in [6, 6.07) is 9.24. The van der Waals surface area contributed by atoms with E-state index in [1.165, 1.54) is 27.8 Å². The van der Waals surface area contributed by atoms with Crippen LogP contribution in [0.1, 0.15) is 26.5 Å². The first-order chi connectivity index (χ1) is 12.9. The number of rotatable bonds is 5. The van der Waals surface area contributed by atoms with Crippen LogP contribution in [0.5, 0.6) is 0 Å². The van der Waals surface area contributed by atoms with Gasteiger partial charge < -0.3 is 4.74 Å². The van der Waals surface area contributed by atoms with Gasteiger partial charge >= 0.3 is 5.97 Å². The van der Waals surface area contributed by atoms with Crippen molar-refractivity contribution in [2.24, 2.45) is 0 Å². The first-order valence-corrected chi connectivity index (χ1v) is 10.5. The molecule has 1 aromatic heterocycles. The molecular weight excluding hydrogens is 392 g/mol. The number of hydrogen-bond donors (Lipinski definition) is 1. The molecule has 0 bridgehead atoms. The van der Waals surface area contributed by atoms with Gasteiger partial charge in [0.1, 0.15) is 0 Å². The third-order valence-electron chi connectivity index (χ3n) is 3.80. The van der Waals surface area contributed by atoms with Crippen molar-refractivity contribution in [3.63, 3.8) is 0 Å². The highest BCUT2D eigenvalue weighted by atomic mass is 32.2. The molecule has 0 radical (unpaired) electrons. The molecule has 0 unspecified atom stereocenters. The highest BCUT2D eigenvalue weighted by molar-refractivity contribution is 7.93. The van der Waals surface area contributed by atoms with Gasteiger partial charge in [0.05, 0.1) is 21.9 Å². The van der Waals surface area contributed by atoms with Gasteiger partial charge in [-0.1, -0.05) is 12.1 Å². The molecule has 1 aliphatic heterocycles. The number of esters is 1. The van der Waals surface area contributed by atoms with Crippen LogP contribution in [-0.4, -0.2) is 45.1 Å². The molecule has 0 atom stereocenters. The summed E-state index contributed by atoms with van der Waals surface area (Å²) in [5.41, 5.74) is 0.492. The number of ether oxygens (including phenoxy) is 1. The normalized spacial score (nSPS) is 15.3.